The fourth-order valence-electron chi connectivity index (χ4n) is 3.30. The van der Waals surface area contributed by atoms with E-state index in [1.165, 1.54) is 24.3 Å². The third-order valence-corrected chi connectivity index (χ3v) is 5.41. The first-order valence-electron chi connectivity index (χ1n) is 12.0. The highest BCUT2D eigenvalue weighted by molar-refractivity contribution is 5.94. The summed E-state index contributed by atoms with van der Waals surface area (Å²) in [5.41, 5.74) is 21.7. The number of nitrogens with zero attached hydrogens (tertiary/aromatic N) is 1. The van der Waals surface area contributed by atoms with Crippen molar-refractivity contribution in [2.45, 2.75) is 56.3 Å². The number of hydrogen-bond donors (Lipinski definition) is 10. The van der Waals surface area contributed by atoms with Crippen molar-refractivity contribution in [3.8, 4) is 5.75 Å². The Labute approximate surface area is 224 Å². The Kier molecular flexibility index (Phi) is 13.7. The van der Waals surface area contributed by atoms with Gasteiger partial charge in [0.05, 0.1) is 6.61 Å². The summed E-state index contributed by atoms with van der Waals surface area (Å²) < 4.78 is 0. The molecule has 39 heavy (non-hydrogen) atoms. The Morgan fingerprint density at radius 2 is 1.41 bits per heavy atom. The number of nitrogens with two attached hydrogens (primary N) is 4. The van der Waals surface area contributed by atoms with Crippen LogP contribution in [0.15, 0.2) is 29.3 Å². The number of primary amides is 1. The predicted molar refractivity (Wildman–Crippen MR) is 139 cm³/mol. The lowest BCUT2D eigenvalue weighted by Crippen LogP contribution is -2.58. The molecule has 1 rings (SSSR count). The number of aliphatic carboxylic acids is 1. The van der Waals surface area contributed by atoms with Crippen molar-refractivity contribution in [1.29, 1.82) is 0 Å². The van der Waals surface area contributed by atoms with E-state index in [2.05, 4.69) is 20.9 Å². The number of aromatic hydroxyl groups is 1. The summed E-state index contributed by atoms with van der Waals surface area (Å²) in [4.78, 5) is 65.2. The standard InChI is InChI=1S/C23H36N8O8/c24-14(11-32)19(35)29-15(7-8-18(25)34)20(36)31-17(10-12-3-5-13(33)6-4-12)21(37)30-16(22(38)39)2-1-9-28-23(26)27/h3-6,14-17,32-33H,1-2,7-11,24H2,(H2,25,34)(H,29,35)(H,30,37)(H,31,36)(H,38,39)(H4,26,27,28). The minimum absolute atomic E-state index is 0.0198. The van der Waals surface area contributed by atoms with Crippen LogP contribution >= 0.6 is 0 Å². The summed E-state index contributed by atoms with van der Waals surface area (Å²) in [6, 6.07) is 0.355. The second-order valence-electron chi connectivity index (χ2n) is 8.64. The van der Waals surface area contributed by atoms with Crippen molar-refractivity contribution in [2.24, 2.45) is 27.9 Å². The lowest BCUT2D eigenvalue weighted by atomic mass is 10.0. The van der Waals surface area contributed by atoms with Gasteiger partial charge >= 0.3 is 5.97 Å². The quantitative estimate of drug-likeness (QED) is 0.0506. The Bertz CT molecular complexity index is 1030. The van der Waals surface area contributed by atoms with Crippen LogP contribution < -0.4 is 38.9 Å². The number of aliphatic hydroxyl groups is 1. The zero-order chi connectivity index (χ0) is 29.5. The van der Waals surface area contributed by atoms with Crippen LogP contribution in [-0.2, 0) is 30.4 Å². The second-order valence-corrected chi connectivity index (χ2v) is 8.64. The Hall–Kier alpha value is -4.44. The number of aliphatic imine (C=N–C) groups is 1. The minimum atomic E-state index is -1.35. The summed E-state index contributed by atoms with van der Waals surface area (Å²) in [5.74, 6) is -4.89. The number of phenolic OH excluding ortho intramolecular Hbond substituents is 1. The van der Waals surface area contributed by atoms with Gasteiger partial charge in [-0.2, -0.15) is 0 Å². The van der Waals surface area contributed by atoms with Gasteiger partial charge in [0.1, 0.15) is 29.9 Å². The first-order chi connectivity index (χ1) is 18.3. The maximum absolute atomic E-state index is 13.2. The van der Waals surface area contributed by atoms with Gasteiger partial charge in [-0.05, 0) is 37.0 Å². The number of guanidine groups is 1. The lowest BCUT2D eigenvalue weighted by Gasteiger charge is -2.25. The van der Waals surface area contributed by atoms with Crippen molar-refractivity contribution in [3.63, 3.8) is 0 Å². The zero-order valence-electron chi connectivity index (χ0n) is 21.2. The highest BCUT2D eigenvalue weighted by Crippen LogP contribution is 2.12. The van der Waals surface area contributed by atoms with Crippen LogP contribution in [0.1, 0.15) is 31.2 Å². The number of rotatable bonds is 17. The molecule has 0 saturated carbocycles. The summed E-state index contributed by atoms with van der Waals surface area (Å²) in [6.07, 6.45) is -0.436. The highest BCUT2D eigenvalue weighted by atomic mass is 16.4. The Morgan fingerprint density at radius 1 is 0.846 bits per heavy atom. The van der Waals surface area contributed by atoms with Gasteiger partial charge in [0.25, 0.3) is 0 Å². The van der Waals surface area contributed by atoms with Gasteiger partial charge in [0.2, 0.25) is 23.6 Å². The van der Waals surface area contributed by atoms with Crippen molar-refractivity contribution in [2.75, 3.05) is 13.2 Å². The van der Waals surface area contributed by atoms with Crippen molar-refractivity contribution < 1.29 is 39.3 Å². The van der Waals surface area contributed by atoms with Crippen LogP contribution in [0, 0.1) is 0 Å². The molecule has 216 valence electrons. The van der Waals surface area contributed by atoms with Crippen LogP contribution in [0.5, 0.6) is 5.75 Å². The molecule has 0 bridgehead atoms. The number of carboxylic acids is 1. The number of carbonyl (C=O) groups excluding carboxylic acids is 4. The first kappa shape index (κ1) is 32.6. The van der Waals surface area contributed by atoms with E-state index in [4.69, 9.17) is 28.0 Å². The molecule has 0 spiro atoms. The molecule has 1 aromatic rings. The van der Waals surface area contributed by atoms with Gasteiger partial charge in [0.15, 0.2) is 5.96 Å². The number of carbonyl (C=O) groups is 5. The number of aliphatic hydroxyl groups excluding tert-OH is 1. The van der Waals surface area contributed by atoms with E-state index < -0.39 is 60.4 Å². The maximum atomic E-state index is 13.2. The lowest BCUT2D eigenvalue weighted by molar-refractivity contribution is -0.142. The molecule has 16 nitrogen and oxygen atoms in total. The van der Waals surface area contributed by atoms with Gasteiger partial charge in [0, 0.05) is 19.4 Å². The molecular weight excluding hydrogens is 516 g/mol. The fourth-order valence-corrected chi connectivity index (χ4v) is 3.30. The van der Waals surface area contributed by atoms with Gasteiger partial charge in [-0.15, -0.1) is 0 Å². The van der Waals surface area contributed by atoms with Gasteiger partial charge < -0.3 is 54.2 Å². The summed E-state index contributed by atoms with van der Waals surface area (Å²) in [5, 5.41) is 35.4. The number of hydrogen-bond acceptors (Lipinski definition) is 9. The van der Waals surface area contributed by atoms with Crippen LogP contribution in [0.25, 0.3) is 0 Å². The molecule has 16 heteroatoms. The maximum Gasteiger partial charge on any atom is 0.326 e. The van der Waals surface area contributed by atoms with E-state index in [9.17, 15) is 34.2 Å². The van der Waals surface area contributed by atoms with E-state index in [-0.39, 0.29) is 50.4 Å². The topological polar surface area (TPSA) is 299 Å². The van der Waals surface area contributed by atoms with E-state index in [1.807, 2.05) is 0 Å². The molecule has 0 aromatic heterocycles. The molecule has 0 radical (unpaired) electrons. The van der Waals surface area contributed by atoms with E-state index in [0.717, 1.165) is 0 Å². The van der Waals surface area contributed by atoms with Crippen molar-refractivity contribution in [3.05, 3.63) is 29.8 Å². The SMILES string of the molecule is NC(=O)CCC(NC(=O)C(N)CO)C(=O)NC(Cc1ccc(O)cc1)C(=O)NC(CCCN=C(N)N)C(=O)O. The smallest absolute Gasteiger partial charge is 0.326 e. The van der Waals surface area contributed by atoms with Gasteiger partial charge in [-0.25, -0.2) is 4.79 Å². The van der Waals surface area contributed by atoms with Gasteiger partial charge in [-0.1, -0.05) is 12.1 Å². The van der Waals surface area contributed by atoms with Crippen LogP contribution in [0.4, 0.5) is 0 Å². The molecule has 4 amide bonds. The van der Waals surface area contributed by atoms with Crippen LogP contribution in [0.2, 0.25) is 0 Å². The number of nitrogens with one attached hydrogen (secondary N) is 3. The number of phenols is 1. The molecule has 0 fully saturated rings. The fraction of sp³-hybridized carbons (Fsp3) is 0.478. The normalized spacial score (nSPS) is 13.7. The molecule has 1 aromatic carbocycles. The molecule has 0 saturated heterocycles. The number of carboxylic acid groups (broad SMARTS) is 1. The van der Waals surface area contributed by atoms with Crippen molar-refractivity contribution >= 4 is 35.6 Å². The molecule has 4 atom stereocenters. The monoisotopic (exact) mass is 552 g/mol. The summed E-state index contributed by atoms with van der Waals surface area (Å²) in [6.45, 7) is -0.575. The van der Waals surface area contributed by atoms with Crippen molar-refractivity contribution in [1.82, 2.24) is 16.0 Å². The van der Waals surface area contributed by atoms with Crippen LogP contribution in [-0.4, -0.2) is 88.2 Å². The molecule has 0 aliphatic carbocycles. The molecule has 14 N–H and O–H groups in total. The Morgan fingerprint density at radius 3 is 1.95 bits per heavy atom. The van der Waals surface area contributed by atoms with Crippen LogP contribution in [0.3, 0.4) is 0 Å². The molecule has 0 heterocycles. The summed E-state index contributed by atoms with van der Waals surface area (Å²) >= 11 is 0. The Balaban J connectivity index is 3.14. The van der Waals surface area contributed by atoms with E-state index >= 15 is 0 Å². The largest absolute Gasteiger partial charge is 0.508 e. The minimum Gasteiger partial charge on any atom is -0.508 e. The second kappa shape index (κ2) is 16.4. The molecule has 0 aliphatic heterocycles. The molecule has 4 unspecified atom stereocenters. The number of benzene rings is 1. The molecular formula is C23H36N8O8. The van der Waals surface area contributed by atoms with E-state index in [1.54, 1.807) is 0 Å². The van der Waals surface area contributed by atoms with E-state index in [0.29, 0.717) is 5.56 Å². The predicted octanol–water partition coefficient (Wildman–Crippen LogP) is -3.89. The average Bonchev–Trinajstić information content (AvgIpc) is 2.87. The first-order valence-corrected chi connectivity index (χ1v) is 12.0. The summed E-state index contributed by atoms with van der Waals surface area (Å²) in [7, 11) is 0. The zero-order valence-corrected chi connectivity index (χ0v) is 21.2. The average molecular weight is 553 g/mol. The third kappa shape index (κ3) is 12.6. The molecule has 0 aliphatic rings. The van der Waals surface area contributed by atoms with Gasteiger partial charge in [-0.3, -0.25) is 24.2 Å². The third-order valence-electron chi connectivity index (χ3n) is 5.41. The number of amides is 4. The highest BCUT2D eigenvalue weighted by Gasteiger charge is 2.30.